The minimum absolute atomic E-state index is 0.645. The van der Waals surface area contributed by atoms with Gasteiger partial charge in [-0.25, -0.2) is 4.79 Å². The van der Waals surface area contributed by atoms with E-state index in [9.17, 15) is 9.90 Å². The van der Waals surface area contributed by atoms with Gasteiger partial charge in [0.05, 0.1) is 0 Å². The molecule has 0 amide bonds. The highest BCUT2D eigenvalue weighted by molar-refractivity contribution is 5.86. The molecule has 148 valence electrons. The molecule has 0 spiro atoms. The molecular formula is C23H44O2. The quantitative estimate of drug-likeness (QED) is 0.188. The van der Waals surface area contributed by atoms with Gasteiger partial charge in [0.1, 0.15) is 0 Å². The van der Waals surface area contributed by atoms with Crippen molar-refractivity contribution in [2.24, 2.45) is 0 Å². The molecule has 25 heavy (non-hydrogen) atoms. The molecule has 0 saturated heterocycles. The topological polar surface area (TPSA) is 37.3 Å². The average molecular weight is 353 g/mol. The third-order valence-electron chi connectivity index (χ3n) is 5.02. The van der Waals surface area contributed by atoms with Crippen molar-refractivity contribution in [3.8, 4) is 0 Å². The van der Waals surface area contributed by atoms with Gasteiger partial charge < -0.3 is 5.11 Å². The van der Waals surface area contributed by atoms with Crippen molar-refractivity contribution in [3.05, 3.63) is 11.6 Å². The van der Waals surface area contributed by atoms with Crippen LogP contribution in [0.15, 0.2) is 11.6 Å². The van der Waals surface area contributed by atoms with Crippen LogP contribution in [0.1, 0.15) is 129 Å². The van der Waals surface area contributed by atoms with E-state index < -0.39 is 5.97 Å². The molecule has 0 aromatic rings. The first kappa shape index (κ1) is 24.2. The van der Waals surface area contributed by atoms with Gasteiger partial charge in [0, 0.05) is 5.57 Å². The standard InChI is InChI=1S/C23H44O2/c1-3-5-7-9-11-12-13-14-15-17-19-21-22(23(24)25)20-18-16-10-8-6-4-2/h21H,3-20H2,1-2H3,(H,24,25)/b22-21-. The molecule has 0 aromatic carbocycles. The second kappa shape index (κ2) is 19.5. The van der Waals surface area contributed by atoms with Gasteiger partial charge in [-0.2, -0.15) is 0 Å². The van der Waals surface area contributed by atoms with Gasteiger partial charge in [-0.05, 0) is 25.7 Å². The highest BCUT2D eigenvalue weighted by Crippen LogP contribution is 2.15. The van der Waals surface area contributed by atoms with Crippen molar-refractivity contribution < 1.29 is 9.90 Å². The third kappa shape index (κ3) is 17.8. The molecule has 0 aliphatic carbocycles. The fourth-order valence-electron chi connectivity index (χ4n) is 3.30. The van der Waals surface area contributed by atoms with Crippen LogP contribution in [0, 0.1) is 0 Å². The maximum absolute atomic E-state index is 11.3. The van der Waals surface area contributed by atoms with Crippen LogP contribution >= 0.6 is 0 Å². The predicted molar refractivity (Wildman–Crippen MR) is 110 cm³/mol. The summed E-state index contributed by atoms with van der Waals surface area (Å²) in [4.78, 5) is 11.3. The van der Waals surface area contributed by atoms with E-state index in [-0.39, 0.29) is 0 Å². The van der Waals surface area contributed by atoms with Gasteiger partial charge >= 0.3 is 5.97 Å². The van der Waals surface area contributed by atoms with E-state index in [1.807, 2.05) is 6.08 Å². The first-order valence-corrected chi connectivity index (χ1v) is 11.1. The number of hydrogen-bond donors (Lipinski definition) is 1. The Balaban J connectivity index is 3.58. The van der Waals surface area contributed by atoms with Gasteiger partial charge in [0.15, 0.2) is 0 Å². The number of allylic oxidation sites excluding steroid dienone is 1. The zero-order chi connectivity index (χ0) is 18.6. The molecule has 0 unspecified atom stereocenters. The Kier molecular flexibility index (Phi) is 18.9. The molecule has 0 heterocycles. The summed E-state index contributed by atoms with van der Waals surface area (Å²) in [5, 5.41) is 9.31. The summed E-state index contributed by atoms with van der Waals surface area (Å²) in [5.74, 6) is -0.708. The van der Waals surface area contributed by atoms with Crippen LogP contribution in [0.25, 0.3) is 0 Å². The molecule has 0 saturated carbocycles. The lowest BCUT2D eigenvalue weighted by Gasteiger charge is -2.04. The first-order chi connectivity index (χ1) is 12.2. The van der Waals surface area contributed by atoms with E-state index in [0.29, 0.717) is 5.57 Å². The Bertz CT molecular complexity index is 320. The van der Waals surface area contributed by atoms with Crippen LogP contribution in [0.5, 0.6) is 0 Å². The molecule has 0 fully saturated rings. The number of carbonyl (C=O) groups is 1. The summed E-state index contributed by atoms with van der Waals surface area (Å²) in [7, 11) is 0. The fraction of sp³-hybridized carbons (Fsp3) is 0.870. The van der Waals surface area contributed by atoms with E-state index in [0.717, 1.165) is 25.7 Å². The monoisotopic (exact) mass is 352 g/mol. The number of carboxylic acids is 1. The minimum Gasteiger partial charge on any atom is -0.478 e. The van der Waals surface area contributed by atoms with Crippen LogP contribution in [-0.4, -0.2) is 11.1 Å². The number of unbranched alkanes of at least 4 members (excludes halogenated alkanes) is 15. The van der Waals surface area contributed by atoms with Crippen LogP contribution < -0.4 is 0 Å². The molecule has 0 atom stereocenters. The zero-order valence-corrected chi connectivity index (χ0v) is 17.2. The molecular weight excluding hydrogens is 308 g/mol. The van der Waals surface area contributed by atoms with Gasteiger partial charge in [0.2, 0.25) is 0 Å². The van der Waals surface area contributed by atoms with Crippen molar-refractivity contribution in [2.45, 2.75) is 129 Å². The van der Waals surface area contributed by atoms with Crippen molar-refractivity contribution in [2.75, 3.05) is 0 Å². The van der Waals surface area contributed by atoms with Gasteiger partial charge in [-0.15, -0.1) is 0 Å². The minimum atomic E-state index is -0.708. The Morgan fingerprint density at radius 3 is 1.48 bits per heavy atom. The molecule has 0 radical (unpaired) electrons. The van der Waals surface area contributed by atoms with Gasteiger partial charge in [0.25, 0.3) is 0 Å². The van der Waals surface area contributed by atoms with Crippen LogP contribution in [0.3, 0.4) is 0 Å². The summed E-state index contributed by atoms with van der Waals surface area (Å²) in [5.41, 5.74) is 0.645. The van der Waals surface area contributed by atoms with E-state index in [4.69, 9.17) is 0 Å². The summed E-state index contributed by atoms with van der Waals surface area (Å²) in [6.45, 7) is 4.48. The van der Waals surface area contributed by atoms with Crippen molar-refractivity contribution in [1.82, 2.24) is 0 Å². The van der Waals surface area contributed by atoms with Crippen LogP contribution in [-0.2, 0) is 4.79 Å². The average Bonchev–Trinajstić information content (AvgIpc) is 2.60. The first-order valence-electron chi connectivity index (χ1n) is 11.1. The Morgan fingerprint density at radius 1 is 0.640 bits per heavy atom. The molecule has 0 aromatic heterocycles. The Labute approximate surface area is 157 Å². The van der Waals surface area contributed by atoms with E-state index in [1.54, 1.807) is 0 Å². The molecule has 0 aliphatic heterocycles. The largest absolute Gasteiger partial charge is 0.478 e. The molecule has 0 rings (SSSR count). The SMILES string of the molecule is CCCCCCCCCCCC/C=C(/CCCCCCCC)C(=O)O. The summed E-state index contributed by atoms with van der Waals surface area (Å²) < 4.78 is 0. The molecule has 2 heteroatoms. The maximum Gasteiger partial charge on any atom is 0.331 e. The second-order valence-corrected chi connectivity index (χ2v) is 7.52. The fourth-order valence-corrected chi connectivity index (χ4v) is 3.30. The highest BCUT2D eigenvalue weighted by Gasteiger charge is 2.06. The predicted octanol–water partition coefficient (Wildman–Crippen LogP) is 8.06. The number of rotatable bonds is 19. The molecule has 0 bridgehead atoms. The lowest BCUT2D eigenvalue weighted by molar-refractivity contribution is -0.132. The van der Waals surface area contributed by atoms with E-state index in [2.05, 4.69) is 13.8 Å². The molecule has 0 aliphatic rings. The van der Waals surface area contributed by atoms with E-state index >= 15 is 0 Å². The number of aliphatic carboxylic acids is 1. The molecule has 2 nitrogen and oxygen atoms in total. The molecule has 1 N–H and O–H groups in total. The van der Waals surface area contributed by atoms with Gasteiger partial charge in [-0.3, -0.25) is 0 Å². The third-order valence-corrected chi connectivity index (χ3v) is 5.02. The highest BCUT2D eigenvalue weighted by atomic mass is 16.4. The summed E-state index contributed by atoms with van der Waals surface area (Å²) >= 11 is 0. The summed E-state index contributed by atoms with van der Waals surface area (Å²) in [6.07, 6.45) is 24.3. The smallest absolute Gasteiger partial charge is 0.331 e. The zero-order valence-electron chi connectivity index (χ0n) is 17.2. The number of carboxylic acid groups (broad SMARTS) is 1. The van der Waals surface area contributed by atoms with Crippen LogP contribution in [0.4, 0.5) is 0 Å². The van der Waals surface area contributed by atoms with Crippen molar-refractivity contribution >= 4 is 5.97 Å². The van der Waals surface area contributed by atoms with Crippen LogP contribution in [0.2, 0.25) is 0 Å². The Morgan fingerprint density at radius 2 is 1.04 bits per heavy atom. The second-order valence-electron chi connectivity index (χ2n) is 7.52. The normalized spacial score (nSPS) is 11.8. The van der Waals surface area contributed by atoms with Crippen molar-refractivity contribution in [3.63, 3.8) is 0 Å². The van der Waals surface area contributed by atoms with Gasteiger partial charge in [-0.1, -0.05) is 110 Å². The Hall–Kier alpha value is -0.790. The lowest BCUT2D eigenvalue weighted by atomic mass is 10.0. The number of hydrogen-bond acceptors (Lipinski definition) is 1. The lowest BCUT2D eigenvalue weighted by Crippen LogP contribution is -2.00. The van der Waals surface area contributed by atoms with E-state index in [1.165, 1.54) is 89.9 Å². The maximum atomic E-state index is 11.3. The van der Waals surface area contributed by atoms with Crippen molar-refractivity contribution in [1.29, 1.82) is 0 Å². The summed E-state index contributed by atoms with van der Waals surface area (Å²) in [6, 6.07) is 0.